The summed E-state index contributed by atoms with van der Waals surface area (Å²) >= 11 is 0. The van der Waals surface area contributed by atoms with Gasteiger partial charge >= 0.3 is 0 Å². The van der Waals surface area contributed by atoms with Gasteiger partial charge < -0.3 is 0 Å². The largest absolute Gasteiger partial charge is 0.0622 e. The van der Waals surface area contributed by atoms with Crippen molar-refractivity contribution in [2.24, 2.45) is 16.7 Å². The first-order valence-electron chi connectivity index (χ1n) is 6.72. The lowest BCUT2D eigenvalue weighted by Crippen LogP contribution is -2.27. The van der Waals surface area contributed by atoms with Crippen molar-refractivity contribution in [3.63, 3.8) is 0 Å². The molecular weight excluding hydrogens is 204 g/mol. The van der Waals surface area contributed by atoms with Gasteiger partial charge in [0.15, 0.2) is 0 Å². The van der Waals surface area contributed by atoms with Crippen LogP contribution < -0.4 is 0 Å². The van der Waals surface area contributed by atoms with E-state index < -0.39 is 0 Å². The zero-order valence-corrected chi connectivity index (χ0v) is 12.4. The van der Waals surface area contributed by atoms with E-state index in [1.54, 1.807) is 0 Å². The second-order valence-electron chi connectivity index (χ2n) is 7.52. The smallest absolute Gasteiger partial charge is 0.0245 e. The first-order chi connectivity index (χ1) is 7.68. The van der Waals surface area contributed by atoms with Crippen molar-refractivity contribution in [3.8, 4) is 0 Å². The van der Waals surface area contributed by atoms with Gasteiger partial charge in [0.25, 0.3) is 0 Å². The fourth-order valence-electron chi connectivity index (χ4n) is 2.32. The molecule has 96 valence electrons. The Morgan fingerprint density at radius 3 is 1.82 bits per heavy atom. The van der Waals surface area contributed by atoms with E-state index in [2.05, 4.69) is 71.9 Å². The van der Waals surface area contributed by atoms with Crippen LogP contribution in [0.4, 0.5) is 0 Å². The third-order valence-corrected chi connectivity index (χ3v) is 3.41. The van der Waals surface area contributed by atoms with E-state index >= 15 is 0 Å². The van der Waals surface area contributed by atoms with Crippen molar-refractivity contribution in [2.75, 3.05) is 0 Å². The van der Waals surface area contributed by atoms with Crippen molar-refractivity contribution in [1.82, 2.24) is 0 Å². The van der Waals surface area contributed by atoms with E-state index in [1.807, 2.05) is 0 Å². The molecule has 0 amide bonds. The quantitative estimate of drug-likeness (QED) is 0.661. The topological polar surface area (TPSA) is 0 Å². The zero-order valence-electron chi connectivity index (χ0n) is 12.4. The monoisotopic (exact) mass is 232 g/mol. The number of benzene rings is 1. The summed E-state index contributed by atoms with van der Waals surface area (Å²) in [6.07, 6.45) is 2.48. The van der Waals surface area contributed by atoms with Gasteiger partial charge in [0.1, 0.15) is 0 Å². The van der Waals surface area contributed by atoms with Gasteiger partial charge in [-0.1, -0.05) is 71.9 Å². The molecule has 0 saturated carbocycles. The first-order valence-corrected chi connectivity index (χ1v) is 6.72. The molecule has 0 fully saturated rings. The molecule has 1 aromatic rings. The van der Waals surface area contributed by atoms with Crippen LogP contribution in [0, 0.1) is 16.7 Å². The minimum atomic E-state index is 0.378. The molecule has 0 bridgehead atoms. The molecule has 0 radical (unpaired) electrons. The van der Waals surface area contributed by atoms with Crippen LogP contribution in [0.15, 0.2) is 30.3 Å². The lowest BCUT2D eigenvalue weighted by Gasteiger charge is -2.36. The third kappa shape index (κ3) is 5.39. The van der Waals surface area contributed by atoms with Crippen molar-refractivity contribution in [3.05, 3.63) is 35.9 Å². The lowest BCUT2D eigenvalue weighted by atomic mass is 9.70. The summed E-state index contributed by atoms with van der Waals surface area (Å²) in [4.78, 5) is 0. The van der Waals surface area contributed by atoms with E-state index in [1.165, 1.54) is 18.4 Å². The van der Waals surface area contributed by atoms with Crippen LogP contribution in [0.5, 0.6) is 0 Å². The van der Waals surface area contributed by atoms with Gasteiger partial charge in [-0.25, -0.2) is 0 Å². The van der Waals surface area contributed by atoms with Crippen LogP contribution in [-0.4, -0.2) is 0 Å². The molecule has 0 spiro atoms. The van der Waals surface area contributed by atoms with Gasteiger partial charge in [0.2, 0.25) is 0 Å². The zero-order chi connectivity index (χ0) is 13.1. The highest BCUT2D eigenvalue weighted by atomic mass is 14.3. The third-order valence-electron chi connectivity index (χ3n) is 3.41. The average molecular weight is 232 g/mol. The highest BCUT2D eigenvalue weighted by Gasteiger charge is 2.28. The summed E-state index contributed by atoms with van der Waals surface area (Å²) in [6, 6.07) is 10.9. The fourth-order valence-corrected chi connectivity index (χ4v) is 2.32. The van der Waals surface area contributed by atoms with Gasteiger partial charge in [0.05, 0.1) is 0 Å². The molecule has 17 heavy (non-hydrogen) atoms. The van der Waals surface area contributed by atoms with Gasteiger partial charge in [0, 0.05) is 0 Å². The Bertz CT molecular complexity index is 321. The summed E-state index contributed by atoms with van der Waals surface area (Å²) < 4.78 is 0. The summed E-state index contributed by atoms with van der Waals surface area (Å²) in [6.45, 7) is 14.1. The number of rotatable bonds is 3. The molecule has 1 atom stereocenters. The molecule has 0 aromatic heterocycles. The maximum absolute atomic E-state index is 2.37. The number of hydrogen-bond donors (Lipinski definition) is 0. The van der Waals surface area contributed by atoms with Gasteiger partial charge in [-0.3, -0.25) is 0 Å². The fraction of sp³-hybridized carbons (Fsp3) is 0.647. The predicted molar refractivity (Wildman–Crippen MR) is 77.2 cm³/mol. The Hall–Kier alpha value is -0.780. The summed E-state index contributed by atoms with van der Waals surface area (Å²) in [5, 5.41) is 0. The number of hydrogen-bond acceptors (Lipinski definition) is 0. The van der Waals surface area contributed by atoms with Crippen molar-refractivity contribution >= 4 is 0 Å². The molecule has 0 aliphatic heterocycles. The standard InChI is InChI=1S/C17H28/c1-16(2,3)13-15(17(4,5)6)12-14-10-8-7-9-11-14/h7-11,15H,12-13H2,1-6H3. The lowest BCUT2D eigenvalue weighted by molar-refractivity contribution is 0.164. The van der Waals surface area contributed by atoms with Crippen LogP contribution in [0.3, 0.4) is 0 Å². The Morgan fingerprint density at radius 1 is 0.882 bits per heavy atom. The molecule has 0 heterocycles. The van der Waals surface area contributed by atoms with Gasteiger partial charge in [-0.15, -0.1) is 0 Å². The summed E-state index contributed by atoms with van der Waals surface area (Å²) in [5.74, 6) is 0.741. The van der Waals surface area contributed by atoms with Gasteiger partial charge in [-0.2, -0.15) is 0 Å². The molecule has 0 heteroatoms. The molecule has 1 aromatic carbocycles. The molecule has 1 rings (SSSR count). The molecular formula is C17H28. The van der Waals surface area contributed by atoms with E-state index in [4.69, 9.17) is 0 Å². The second kappa shape index (κ2) is 5.25. The highest BCUT2D eigenvalue weighted by molar-refractivity contribution is 5.15. The summed E-state index contributed by atoms with van der Waals surface area (Å²) in [7, 11) is 0. The molecule has 0 aliphatic rings. The Kier molecular flexibility index (Phi) is 4.41. The Balaban J connectivity index is 2.79. The van der Waals surface area contributed by atoms with E-state index in [0.717, 1.165) is 5.92 Å². The van der Waals surface area contributed by atoms with Crippen molar-refractivity contribution in [1.29, 1.82) is 0 Å². The van der Waals surface area contributed by atoms with Crippen LogP contribution in [0.25, 0.3) is 0 Å². The average Bonchev–Trinajstić information content (AvgIpc) is 2.15. The van der Waals surface area contributed by atoms with E-state index in [-0.39, 0.29) is 0 Å². The first kappa shape index (κ1) is 14.3. The molecule has 0 saturated heterocycles. The summed E-state index contributed by atoms with van der Waals surface area (Å²) in [5.41, 5.74) is 2.26. The maximum Gasteiger partial charge on any atom is -0.0245 e. The molecule has 0 nitrogen and oxygen atoms in total. The predicted octanol–water partition coefficient (Wildman–Crippen LogP) is 5.33. The van der Waals surface area contributed by atoms with Crippen molar-refractivity contribution < 1.29 is 0 Å². The Labute approximate surface area is 107 Å². The van der Waals surface area contributed by atoms with E-state index in [9.17, 15) is 0 Å². The highest BCUT2D eigenvalue weighted by Crippen LogP contribution is 2.37. The van der Waals surface area contributed by atoms with E-state index in [0.29, 0.717) is 10.8 Å². The van der Waals surface area contributed by atoms with Gasteiger partial charge in [-0.05, 0) is 35.2 Å². The molecule has 0 aliphatic carbocycles. The second-order valence-corrected chi connectivity index (χ2v) is 7.52. The minimum Gasteiger partial charge on any atom is -0.0622 e. The molecule has 0 N–H and O–H groups in total. The SMILES string of the molecule is CC(C)(C)CC(Cc1ccccc1)C(C)(C)C. The Morgan fingerprint density at radius 2 is 1.41 bits per heavy atom. The van der Waals surface area contributed by atoms with Crippen LogP contribution in [0.2, 0.25) is 0 Å². The van der Waals surface area contributed by atoms with Crippen molar-refractivity contribution in [2.45, 2.75) is 54.4 Å². The van der Waals surface area contributed by atoms with Crippen LogP contribution >= 0.6 is 0 Å². The molecule has 1 unspecified atom stereocenters. The minimum absolute atomic E-state index is 0.378. The van der Waals surface area contributed by atoms with Crippen LogP contribution in [-0.2, 0) is 6.42 Å². The normalized spacial score (nSPS) is 14.7. The maximum atomic E-state index is 2.37. The van der Waals surface area contributed by atoms with Crippen LogP contribution in [0.1, 0.15) is 53.5 Å².